The highest BCUT2D eigenvalue weighted by Crippen LogP contribution is 2.30. The Bertz CT molecular complexity index is 278. The topological polar surface area (TPSA) is 66.8 Å². The molecule has 0 radical (unpaired) electrons. The number of hydrogen-bond donors (Lipinski definition) is 1. The largest absolute Gasteiger partial charge is 0.481 e. The van der Waals surface area contributed by atoms with Crippen LogP contribution >= 0.6 is 0 Å². The van der Waals surface area contributed by atoms with E-state index in [0.29, 0.717) is 13.0 Å². The molecule has 2 saturated heterocycles. The van der Waals surface area contributed by atoms with Crippen LogP contribution in [-0.2, 0) is 9.53 Å². The van der Waals surface area contributed by atoms with Crippen LogP contribution in [-0.4, -0.2) is 40.8 Å². The molecule has 3 atom stereocenters. The fourth-order valence-corrected chi connectivity index (χ4v) is 2.20. The number of hydrogen-bond acceptors (Lipinski definition) is 3. The summed E-state index contributed by atoms with van der Waals surface area (Å²) in [6, 6.07) is 0.0816. The SMILES string of the molecule is CC1OC(=O)N2C[C@@H](C(=O)O)CC[C@H]12. The molecule has 2 aliphatic rings. The van der Waals surface area contributed by atoms with E-state index in [1.807, 2.05) is 6.92 Å². The molecule has 5 nitrogen and oxygen atoms in total. The molecule has 0 aromatic heterocycles. The van der Waals surface area contributed by atoms with E-state index in [4.69, 9.17) is 9.84 Å². The van der Waals surface area contributed by atoms with Crippen LogP contribution in [0.25, 0.3) is 0 Å². The molecular weight excluding hydrogens is 186 g/mol. The van der Waals surface area contributed by atoms with Crippen molar-refractivity contribution in [2.24, 2.45) is 5.92 Å². The van der Waals surface area contributed by atoms with E-state index in [1.54, 1.807) is 4.90 Å². The van der Waals surface area contributed by atoms with Gasteiger partial charge in [0.25, 0.3) is 0 Å². The minimum atomic E-state index is -0.823. The lowest BCUT2D eigenvalue weighted by Crippen LogP contribution is -2.45. The Kier molecular flexibility index (Phi) is 2.09. The highest BCUT2D eigenvalue weighted by molar-refractivity contribution is 5.74. The first kappa shape index (κ1) is 9.30. The molecule has 2 heterocycles. The van der Waals surface area contributed by atoms with Crippen LogP contribution in [0.2, 0.25) is 0 Å². The molecule has 0 aromatic carbocycles. The molecule has 78 valence electrons. The molecule has 0 bridgehead atoms. The molecule has 0 saturated carbocycles. The van der Waals surface area contributed by atoms with E-state index < -0.39 is 11.9 Å². The van der Waals surface area contributed by atoms with Gasteiger partial charge in [0.05, 0.1) is 12.0 Å². The predicted molar refractivity (Wildman–Crippen MR) is 46.8 cm³/mol. The summed E-state index contributed by atoms with van der Waals surface area (Å²) in [6.07, 6.45) is 0.896. The van der Waals surface area contributed by atoms with Crippen LogP contribution in [0.15, 0.2) is 0 Å². The number of piperidine rings is 1. The highest BCUT2D eigenvalue weighted by atomic mass is 16.6. The van der Waals surface area contributed by atoms with Crippen molar-refractivity contribution in [3.8, 4) is 0 Å². The quantitative estimate of drug-likeness (QED) is 0.674. The maximum Gasteiger partial charge on any atom is 0.410 e. The Balaban J connectivity index is 2.09. The lowest BCUT2D eigenvalue weighted by Gasteiger charge is -2.31. The second-order valence-corrected chi connectivity index (χ2v) is 3.92. The Morgan fingerprint density at radius 3 is 2.93 bits per heavy atom. The molecule has 0 aliphatic carbocycles. The fourth-order valence-electron chi connectivity index (χ4n) is 2.20. The van der Waals surface area contributed by atoms with Crippen molar-refractivity contribution in [1.29, 1.82) is 0 Å². The first-order valence-electron chi connectivity index (χ1n) is 4.79. The zero-order valence-corrected chi connectivity index (χ0v) is 7.97. The second-order valence-electron chi connectivity index (χ2n) is 3.92. The lowest BCUT2D eigenvalue weighted by atomic mass is 9.92. The minimum absolute atomic E-state index is 0.0816. The van der Waals surface area contributed by atoms with Crippen LogP contribution in [0.1, 0.15) is 19.8 Å². The normalized spacial score (nSPS) is 36.5. The van der Waals surface area contributed by atoms with Crippen LogP contribution < -0.4 is 0 Å². The smallest absolute Gasteiger partial charge is 0.410 e. The summed E-state index contributed by atoms with van der Waals surface area (Å²) in [5.41, 5.74) is 0. The maximum atomic E-state index is 11.3. The summed E-state index contributed by atoms with van der Waals surface area (Å²) in [5, 5.41) is 8.83. The van der Waals surface area contributed by atoms with Crippen molar-refractivity contribution < 1.29 is 19.4 Å². The summed E-state index contributed by atoms with van der Waals surface area (Å²) in [6.45, 7) is 2.15. The molecule has 0 spiro atoms. The first-order chi connectivity index (χ1) is 6.59. The Hall–Kier alpha value is -1.26. The summed E-state index contributed by atoms with van der Waals surface area (Å²) < 4.78 is 5.03. The molecule has 1 unspecified atom stereocenters. The second kappa shape index (κ2) is 3.15. The third kappa shape index (κ3) is 1.32. The molecule has 0 aromatic rings. The van der Waals surface area contributed by atoms with Crippen molar-refractivity contribution in [1.82, 2.24) is 4.90 Å². The Labute approximate surface area is 81.6 Å². The number of carboxylic acids is 1. The minimum Gasteiger partial charge on any atom is -0.481 e. The fraction of sp³-hybridized carbons (Fsp3) is 0.778. The van der Waals surface area contributed by atoms with Crippen LogP contribution in [0.4, 0.5) is 4.79 Å². The summed E-state index contributed by atoms with van der Waals surface area (Å²) in [4.78, 5) is 23.6. The number of rotatable bonds is 1. The van der Waals surface area contributed by atoms with Gasteiger partial charge in [-0.2, -0.15) is 0 Å². The molecule has 14 heavy (non-hydrogen) atoms. The van der Waals surface area contributed by atoms with Crippen molar-refractivity contribution >= 4 is 12.1 Å². The standard InChI is InChI=1S/C9H13NO4/c1-5-7-3-2-6(8(11)12)4-10(7)9(13)14-5/h5-7H,2-4H2,1H3,(H,11,12)/t5?,6-,7+/m0/s1. The van der Waals surface area contributed by atoms with Crippen molar-refractivity contribution in [2.45, 2.75) is 31.9 Å². The summed E-state index contributed by atoms with van der Waals surface area (Å²) in [5.74, 6) is -1.25. The molecule has 2 fully saturated rings. The van der Waals surface area contributed by atoms with Gasteiger partial charge in [0.1, 0.15) is 6.10 Å². The maximum absolute atomic E-state index is 11.3. The Morgan fingerprint density at radius 1 is 1.57 bits per heavy atom. The van der Waals surface area contributed by atoms with Crippen LogP contribution in [0.5, 0.6) is 0 Å². The van der Waals surface area contributed by atoms with Gasteiger partial charge in [-0.15, -0.1) is 0 Å². The summed E-state index contributed by atoms with van der Waals surface area (Å²) >= 11 is 0. The van der Waals surface area contributed by atoms with E-state index in [2.05, 4.69) is 0 Å². The van der Waals surface area contributed by atoms with Crippen molar-refractivity contribution in [3.63, 3.8) is 0 Å². The molecule has 1 N–H and O–H groups in total. The third-order valence-corrected chi connectivity index (χ3v) is 3.04. The lowest BCUT2D eigenvalue weighted by molar-refractivity contribution is -0.143. The molecule has 1 amide bonds. The van der Waals surface area contributed by atoms with Gasteiger partial charge in [0.15, 0.2) is 0 Å². The highest BCUT2D eigenvalue weighted by Gasteiger charge is 2.44. The van der Waals surface area contributed by atoms with E-state index in [0.717, 1.165) is 6.42 Å². The number of fused-ring (bicyclic) bond motifs is 1. The zero-order chi connectivity index (χ0) is 10.3. The number of carbonyl (C=O) groups is 2. The number of carbonyl (C=O) groups excluding carboxylic acids is 1. The predicted octanol–water partition coefficient (Wildman–Crippen LogP) is 0.690. The number of amides is 1. The third-order valence-electron chi connectivity index (χ3n) is 3.04. The molecule has 2 aliphatic heterocycles. The van der Waals surface area contributed by atoms with E-state index in [-0.39, 0.29) is 18.2 Å². The van der Waals surface area contributed by atoms with Gasteiger partial charge in [-0.25, -0.2) is 4.79 Å². The van der Waals surface area contributed by atoms with Crippen molar-refractivity contribution in [3.05, 3.63) is 0 Å². The van der Waals surface area contributed by atoms with Gasteiger partial charge in [-0.05, 0) is 19.8 Å². The number of aliphatic carboxylic acids is 1. The van der Waals surface area contributed by atoms with Crippen molar-refractivity contribution in [2.75, 3.05) is 6.54 Å². The van der Waals surface area contributed by atoms with Gasteiger partial charge in [-0.1, -0.05) is 0 Å². The number of nitrogens with zero attached hydrogens (tertiary/aromatic N) is 1. The molecule has 2 rings (SSSR count). The van der Waals surface area contributed by atoms with E-state index in [9.17, 15) is 9.59 Å². The van der Waals surface area contributed by atoms with Crippen LogP contribution in [0, 0.1) is 5.92 Å². The average molecular weight is 199 g/mol. The first-order valence-corrected chi connectivity index (χ1v) is 4.79. The van der Waals surface area contributed by atoms with Crippen LogP contribution in [0.3, 0.4) is 0 Å². The number of ether oxygens (including phenoxy) is 1. The van der Waals surface area contributed by atoms with E-state index >= 15 is 0 Å². The zero-order valence-electron chi connectivity index (χ0n) is 7.97. The van der Waals surface area contributed by atoms with Gasteiger partial charge in [0, 0.05) is 6.54 Å². The molecular formula is C9H13NO4. The number of cyclic esters (lactones) is 1. The number of carboxylic acid groups (broad SMARTS) is 1. The molecule has 5 heteroatoms. The summed E-state index contributed by atoms with van der Waals surface area (Å²) in [7, 11) is 0. The average Bonchev–Trinajstić information content (AvgIpc) is 2.42. The van der Waals surface area contributed by atoms with Gasteiger partial charge >= 0.3 is 12.1 Å². The van der Waals surface area contributed by atoms with E-state index in [1.165, 1.54) is 0 Å². The van der Waals surface area contributed by atoms with Gasteiger partial charge < -0.3 is 14.7 Å². The monoisotopic (exact) mass is 199 g/mol. The van der Waals surface area contributed by atoms with Gasteiger partial charge in [0.2, 0.25) is 0 Å². The Morgan fingerprint density at radius 2 is 2.29 bits per heavy atom. The van der Waals surface area contributed by atoms with Gasteiger partial charge in [-0.3, -0.25) is 4.79 Å².